The van der Waals surface area contributed by atoms with Crippen LogP contribution >= 0.6 is 0 Å². The van der Waals surface area contributed by atoms with Gasteiger partial charge in [-0.1, -0.05) is 18.2 Å². The minimum atomic E-state index is -3.48. The van der Waals surface area contributed by atoms with Crippen LogP contribution in [-0.4, -0.2) is 13.0 Å². The van der Waals surface area contributed by atoms with Crippen molar-refractivity contribution in [1.29, 1.82) is 0 Å². The van der Waals surface area contributed by atoms with Crippen LogP contribution in [0.4, 0.5) is 4.39 Å². The minimum absolute atomic E-state index is 0.167. The molecule has 1 aromatic heterocycles. The van der Waals surface area contributed by atoms with E-state index < -0.39 is 10.0 Å². The van der Waals surface area contributed by atoms with Crippen LogP contribution in [0.2, 0.25) is 0 Å². The number of benzene rings is 2. The van der Waals surface area contributed by atoms with Gasteiger partial charge < -0.3 is 4.57 Å². The second-order valence-corrected chi connectivity index (χ2v) is 7.75. The molecule has 0 amide bonds. The Bertz CT molecular complexity index is 976. The third-order valence-corrected chi connectivity index (χ3v) is 5.41. The Morgan fingerprint density at radius 2 is 1.71 bits per heavy atom. The number of nitrogens with zero attached hydrogens (tertiary/aromatic N) is 1. The van der Waals surface area contributed by atoms with E-state index in [1.807, 2.05) is 32.2 Å². The van der Waals surface area contributed by atoms with Crippen molar-refractivity contribution >= 4 is 20.9 Å². The second kappa shape index (κ2) is 6.37. The van der Waals surface area contributed by atoms with Gasteiger partial charge in [-0.25, -0.2) is 17.5 Å². The van der Waals surface area contributed by atoms with E-state index in [4.69, 9.17) is 0 Å². The van der Waals surface area contributed by atoms with Gasteiger partial charge in [-0.3, -0.25) is 0 Å². The summed E-state index contributed by atoms with van der Waals surface area (Å²) in [6.45, 7) is 2.26. The van der Waals surface area contributed by atoms with E-state index >= 15 is 0 Å². The molecule has 0 unspecified atom stereocenters. The van der Waals surface area contributed by atoms with Crippen molar-refractivity contribution in [3.63, 3.8) is 0 Å². The van der Waals surface area contributed by atoms with Crippen molar-refractivity contribution in [2.24, 2.45) is 7.05 Å². The SMILES string of the molecule is Cc1cc2cc(CNS(=O)(=O)Cc3ccc(F)cc3)ccc2n1C. The summed E-state index contributed by atoms with van der Waals surface area (Å²) in [6, 6.07) is 13.5. The molecular formula is C18H19FN2O2S. The van der Waals surface area contributed by atoms with E-state index in [9.17, 15) is 12.8 Å². The van der Waals surface area contributed by atoms with Crippen LogP contribution in [-0.2, 0) is 29.4 Å². The molecule has 0 atom stereocenters. The van der Waals surface area contributed by atoms with E-state index in [0.717, 1.165) is 22.2 Å². The molecule has 2 aromatic carbocycles. The normalized spacial score (nSPS) is 12.0. The van der Waals surface area contributed by atoms with Crippen LogP contribution in [0.15, 0.2) is 48.5 Å². The molecule has 6 heteroatoms. The Balaban J connectivity index is 1.71. The molecule has 4 nitrogen and oxygen atoms in total. The molecule has 0 saturated heterocycles. The van der Waals surface area contributed by atoms with E-state index in [1.54, 1.807) is 0 Å². The fourth-order valence-electron chi connectivity index (χ4n) is 2.69. The highest BCUT2D eigenvalue weighted by atomic mass is 32.2. The summed E-state index contributed by atoms with van der Waals surface area (Å²) in [6.07, 6.45) is 0. The highest BCUT2D eigenvalue weighted by molar-refractivity contribution is 7.88. The van der Waals surface area contributed by atoms with Crippen molar-refractivity contribution < 1.29 is 12.8 Å². The van der Waals surface area contributed by atoms with Crippen LogP contribution in [0, 0.1) is 12.7 Å². The number of aryl methyl sites for hydroxylation is 2. The van der Waals surface area contributed by atoms with Crippen LogP contribution in [0.25, 0.3) is 10.9 Å². The average molecular weight is 346 g/mol. The number of hydrogen-bond acceptors (Lipinski definition) is 2. The lowest BCUT2D eigenvalue weighted by molar-refractivity contribution is 0.580. The number of halogens is 1. The highest BCUT2D eigenvalue weighted by Gasteiger charge is 2.12. The largest absolute Gasteiger partial charge is 0.348 e. The monoisotopic (exact) mass is 346 g/mol. The molecule has 126 valence electrons. The van der Waals surface area contributed by atoms with Gasteiger partial charge in [0.05, 0.1) is 5.75 Å². The molecule has 0 fully saturated rings. The van der Waals surface area contributed by atoms with Crippen LogP contribution in [0.3, 0.4) is 0 Å². The molecule has 0 bridgehead atoms. The molecule has 0 radical (unpaired) electrons. The van der Waals surface area contributed by atoms with Crippen LogP contribution < -0.4 is 4.72 Å². The Labute approximate surface area is 141 Å². The van der Waals surface area contributed by atoms with Crippen LogP contribution in [0.1, 0.15) is 16.8 Å². The number of rotatable bonds is 5. The summed E-state index contributed by atoms with van der Waals surface area (Å²) in [7, 11) is -1.48. The molecular weight excluding hydrogens is 327 g/mol. The van der Waals surface area contributed by atoms with Gasteiger partial charge in [0, 0.05) is 30.2 Å². The molecule has 0 spiro atoms. The van der Waals surface area contributed by atoms with Gasteiger partial charge in [-0.2, -0.15) is 0 Å². The van der Waals surface area contributed by atoms with Gasteiger partial charge in [0.15, 0.2) is 0 Å². The Hall–Kier alpha value is -2.18. The number of nitrogens with one attached hydrogen (secondary N) is 1. The van der Waals surface area contributed by atoms with E-state index in [1.165, 1.54) is 24.3 Å². The van der Waals surface area contributed by atoms with Gasteiger partial charge in [0.25, 0.3) is 0 Å². The first-order valence-electron chi connectivity index (χ1n) is 7.61. The Morgan fingerprint density at radius 3 is 2.42 bits per heavy atom. The molecule has 0 saturated carbocycles. The quantitative estimate of drug-likeness (QED) is 0.771. The number of fused-ring (bicyclic) bond motifs is 1. The third kappa shape index (κ3) is 3.66. The van der Waals surface area contributed by atoms with E-state index in [0.29, 0.717) is 5.56 Å². The standard InChI is InChI=1S/C18H19FN2O2S/c1-13-9-16-10-15(5-8-18(16)21(13)2)11-20-24(22,23)12-14-3-6-17(19)7-4-14/h3-10,20H,11-12H2,1-2H3. The van der Waals surface area contributed by atoms with Crippen molar-refractivity contribution in [3.05, 3.63) is 71.2 Å². The number of hydrogen-bond donors (Lipinski definition) is 1. The lowest BCUT2D eigenvalue weighted by Gasteiger charge is -2.08. The summed E-state index contributed by atoms with van der Waals surface area (Å²) in [4.78, 5) is 0. The van der Waals surface area contributed by atoms with Gasteiger partial charge in [-0.15, -0.1) is 0 Å². The molecule has 24 heavy (non-hydrogen) atoms. The predicted molar refractivity (Wildman–Crippen MR) is 93.5 cm³/mol. The highest BCUT2D eigenvalue weighted by Crippen LogP contribution is 2.20. The predicted octanol–water partition coefficient (Wildman–Crippen LogP) is 3.25. The van der Waals surface area contributed by atoms with Crippen molar-refractivity contribution in [3.8, 4) is 0 Å². The molecule has 1 heterocycles. The maximum absolute atomic E-state index is 12.9. The average Bonchev–Trinajstić information content (AvgIpc) is 2.82. The fourth-order valence-corrected chi connectivity index (χ4v) is 3.81. The first-order chi connectivity index (χ1) is 11.3. The molecule has 1 N–H and O–H groups in total. The number of aromatic nitrogens is 1. The molecule has 0 aliphatic carbocycles. The van der Waals surface area contributed by atoms with E-state index in [2.05, 4.69) is 15.4 Å². The summed E-state index contributed by atoms with van der Waals surface area (Å²) in [5, 5.41) is 1.09. The van der Waals surface area contributed by atoms with Gasteiger partial charge in [-0.05, 0) is 48.4 Å². The lowest BCUT2D eigenvalue weighted by atomic mass is 10.1. The third-order valence-electron chi connectivity index (χ3n) is 4.11. The summed E-state index contributed by atoms with van der Waals surface area (Å²) in [5.74, 6) is -0.546. The van der Waals surface area contributed by atoms with Crippen LogP contribution in [0.5, 0.6) is 0 Å². The molecule has 3 aromatic rings. The summed E-state index contributed by atoms with van der Waals surface area (Å²) >= 11 is 0. The molecule has 0 aliphatic rings. The zero-order chi connectivity index (χ0) is 17.3. The van der Waals surface area contributed by atoms with Crippen molar-refractivity contribution in [2.45, 2.75) is 19.2 Å². The second-order valence-electron chi connectivity index (χ2n) is 5.94. The molecule has 0 aliphatic heterocycles. The number of sulfonamides is 1. The maximum atomic E-state index is 12.9. The summed E-state index contributed by atoms with van der Waals surface area (Å²) < 4.78 is 41.9. The van der Waals surface area contributed by atoms with E-state index in [-0.39, 0.29) is 18.1 Å². The minimum Gasteiger partial charge on any atom is -0.348 e. The van der Waals surface area contributed by atoms with Crippen molar-refractivity contribution in [2.75, 3.05) is 0 Å². The first-order valence-corrected chi connectivity index (χ1v) is 9.26. The first kappa shape index (κ1) is 16.7. The zero-order valence-corrected chi connectivity index (χ0v) is 14.4. The zero-order valence-electron chi connectivity index (χ0n) is 13.6. The van der Waals surface area contributed by atoms with Gasteiger partial charge in [0.1, 0.15) is 5.82 Å². The smallest absolute Gasteiger partial charge is 0.216 e. The fraction of sp³-hybridized carbons (Fsp3) is 0.222. The van der Waals surface area contributed by atoms with Crippen molar-refractivity contribution in [1.82, 2.24) is 9.29 Å². The summed E-state index contributed by atoms with van der Waals surface area (Å²) in [5.41, 5.74) is 3.72. The lowest BCUT2D eigenvalue weighted by Crippen LogP contribution is -2.24. The maximum Gasteiger partial charge on any atom is 0.216 e. The van der Waals surface area contributed by atoms with Gasteiger partial charge in [0.2, 0.25) is 10.0 Å². The topological polar surface area (TPSA) is 51.1 Å². The van der Waals surface area contributed by atoms with Gasteiger partial charge >= 0.3 is 0 Å². The molecule has 3 rings (SSSR count). The Morgan fingerprint density at radius 1 is 1.04 bits per heavy atom. The Kier molecular flexibility index (Phi) is 4.43.